The van der Waals surface area contributed by atoms with Crippen molar-refractivity contribution in [3.8, 4) is 0 Å². The summed E-state index contributed by atoms with van der Waals surface area (Å²) < 4.78 is 14.9. The highest BCUT2D eigenvalue weighted by atomic mass is 19.1. The molecule has 0 bridgehead atoms. The number of aromatic nitrogens is 3. The number of rotatable bonds is 6. The number of urea groups is 1. The Hall–Kier alpha value is -3.62. The van der Waals surface area contributed by atoms with E-state index in [-0.39, 0.29) is 11.8 Å². The summed E-state index contributed by atoms with van der Waals surface area (Å²) >= 11 is 0. The van der Waals surface area contributed by atoms with Crippen molar-refractivity contribution in [2.45, 2.75) is 13.1 Å². The van der Waals surface area contributed by atoms with E-state index in [1.807, 2.05) is 37.4 Å². The van der Waals surface area contributed by atoms with Crippen molar-refractivity contribution < 1.29 is 9.18 Å². The van der Waals surface area contributed by atoms with Crippen LogP contribution in [0.3, 0.4) is 0 Å². The molecule has 2 aromatic heterocycles. The molecule has 1 aliphatic rings. The zero-order valence-corrected chi connectivity index (χ0v) is 17.5. The summed E-state index contributed by atoms with van der Waals surface area (Å²) in [6.45, 7) is 4.17. The van der Waals surface area contributed by atoms with Crippen molar-refractivity contribution in [1.29, 1.82) is 0 Å². The fourth-order valence-corrected chi connectivity index (χ4v) is 3.58. The van der Waals surface area contributed by atoms with Crippen molar-refractivity contribution in [2.75, 3.05) is 36.0 Å². The largest absolute Gasteiger partial charge is 0.368 e. The standard InChI is InChI=1S/C22H26FN7O/c1-28-20(7-9-27-28)16-26-22(31)25-15-17-6-8-24-21(14-17)30-12-10-29(11-13-30)19-4-2-18(23)3-5-19/h2-9,14H,10-13,15-16H2,1H3,(H2,25,26,31). The topological polar surface area (TPSA) is 78.3 Å². The van der Waals surface area contributed by atoms with Crippen LogP contribution in [0.2, 0.25) is 0 Å². The second-order valence-electron chi connectivity index (χ2n) is 7.46. The summed E-state index contributed by atoms with van der Waals surface area (Å²) in [6.07, 6.45) is 3.47. The van der Waals surface area contributed by atoms with Crippen LogP contribution in [0, 0.1) is 5.82 Å². The van der Waals surface area contributed by atoms with Gasteiger partial charge >= 0.3 is 6.03 Å². The van der Waals surface area contributed by atoms with Gasteiger partial charge in [0.1, 0.15) is 11.6 Å². The van der Waals surface area contributed by atoms with Crippen LogP contribution in [-0.4, -0.2) is 47.0 Å². The van der Waals surface area contributed by atoms with Crippen LogP contribution < -0.4 is 20.4 Å². The number of nitrogens with zero attached hydrogens (tertiary/aromatic N) is 5. The number of anilines is 2. The average Bonchev–Trinajstić information content (AvgIpc) is 3.22. The Labute approximate surface area is 180 Å². The van der Waals surface area contributed by atoms with Crippen LogP contribution in [0.1, 0.15) is 11.3 Å². The molecule has 0 radical (unpaired) electrons. The molecule has 0 unspecified atom stereocenters. The van der Waals surface area contributed by atoms with Gasteiger partial charge in [0.15, 0.2) is 0 Å². The van der Waals surface area contributed by atoms with Gasteiger partial charge in [-0.15, -0.1) is 0 Å². The molecule has 1 aliphatic heterocycles. The number of piperazine rings is 1. The van der Waals surface area contributed by atoms with Gasteiger partial charge in [-0.05, 0) is 48.0 Å². The second-order valence-corrected chi connectivity index (χ2v) is 7.46. The maximum Gasteiger partial charge on any atom is 0.315 e. The molecule has 3 aromatic rings. The lowest BCUT2D eigenvalue weighted by Gasteiger charge is -2.36. The minimum atomic E-state index is -0.229. The first-order valence-corrected chi connectivity index (χ1v) is 10.3. The first kappa shape index (κ1) is 20.6. The van der Waals surface area contributed by atoms with Gasteiger partial charge in [0.25, 0.3) is 0 Å². The Kier molecular flexibility index (Phi) is 6.30. The molecule has 0 atom stereocenters. The number of hydrogen-bond donors (Lipinski definition) is 2. The van der Waals surface area contributed by atoms with Crippen LogP contribution in [-0.2, 0) is 20.1 Å². The quantitative estimate of drug-likeness (QED) is 0.636. The average molecular weight is 423 g/mol. The first-order chi connectivity index (χ1) is 15.1. The number of hydrogen-bond acceptors (Lipinski definition) is 5. The van der Waals surface area contributed by atoms with E-state index in [4.69, 9.17) is 0 Å². The predicted octanol–water partition coefficient (Wildman–Crippen LogP) is 2.28. The SMILES string of the molecule is Cn1nccc1CNC(=O)NCc1ccnc(N2CCN(c3ccc(F)cc3)CC2)c1. The van der Waals surface area contributed by atoms with Crippen molar-refractivity contribution in [3.05, 3.63) is 71.9 Å². The van der Waals surface area contributed by atoms with Crippen molar-refractivity contribution in [3.63, 3.8) is 0 Å². The molecule has 3 heterocycles. The Morgan fingerprint density at radius 2 is 1.68 bits per heavy atom. The van der Waals surface area contributed by atoms with Crippen LogP contribution in [0.15, 0.2) is 54.9 Å². The third-order valence-electron chi connectivity index (χ3n) is 5.41. The van der Waals surface area contributed by atoms with Crippen LogP contribution >= 0.6 is 0 Å². The highest BCUT2D eigenvalue weighted by Gasteiger charge is 2.18. The zero-order chi connectivity index (χ0) is 21.6. The van der Waals surface area contributed by atoms with E-state index in [1.54, 1.807) is 17.1 Å². The number of carbonyl (C=O) groups excluding carboxylic acids is 1. The van der Waals surface area contributed by atoms with Gasteiger partial charge in [-0.3, -0.25) is 4.68 Å². The number of benzene rings is 1. The third kappa shape index (κ3) is 5.30. The molecule has 0 saturated carbocycles. The Morgan fingerprint density at radius 3 is 2.39 bits per heavy atom. The summed E-state index contributed by atoms with van der Waals surface area (Å²) in [4.78, 5) is 21.1. The number of pyridine rings is 1. The summed E-state index contributed by atoms with van der Waals surface area (Å²) in [5, 5.41) is 9.79. The van der Waals surface area contributed by atoms with E-state index in [2.05, 4.69) is 30.5 Å². The van der Waals surface area contributed by atoms with Gasteiger partial charge < -0.3 is 20.4 Å². The molecule has 2 N–H and O–H groups in total. The lowest BCUT2D eigenvalue weighted by molar-refractivity contribution is 0.240. The summed E-state index contributed by atoms with van der Waals surface area (Å²) in [6, 6.07) is 12.2. The highest BCUT2D eigenvalue weighted by molar-refractivity contribution is 5.73. The molecule has 162 valence electrons. The zero-order valence-electron chi connectivity index (χ0n) is 17.5. The second kappa shape index (κ2) is 9.46. The number of nitrogens with one attached hydrogen (secondary N) is 2. The van der Waals surface area contributed by atoms with E-state index in [0.717, 1.165) is 48.9 Å². The molecule has 0 spiro atoms. The van der Waals surface area contributed by atoms with E-state index in [9.17, 15) is 9.18 Å². The van der Waals surface area contributed by atoms with Gasteiger partial charge in [-0.25, -0.2) is 14.2 Å². The van der Waals surface area contributed by atoms with Gasteiger partial charge in [0.05, 0.1) is 12.2 Å². The first-order valence-electron chi connectivity index (χ1n) is 10.3. The fraction of sp³-hybridized carbons (Fsp3) is 0.318. The maximum atomic E-state index is 13.1. The normalized spacial score (nSPS) is 13.9. The number of amides is 2. The van der Waals surface area contributed by atoms with E-state index in [0.29, 0.717) is 13.1 Å². The molecule has 1 aromatic carbocycles. The summed E-state index contributed by atoms with van der Waals surface area (Å²) in [5.74, 6) is 0.677. The molecular formula is C22H26FN7O. The minimum Gasteiger partial charge on any atom is -0.368 e. The highest BCUT2D eigenvalue weighted by Crippen LogP contribution is 2.20. The molecule has 2 amide bonds. The molecular weight excluding hydrogens is 397 g/mol. The Morgan fingerprint density at radius 1 is 0.968 bits per heavy atom. The number of carbonyl (C=O) groups is 1. The lowest BCUT2D eigenvalue weighted by Crippen LogP contribution is -2.46. The third-order valence-corrected chi connectivity index (χ3v) is 5.41. The van der Waals surface area contributed by atoms with Gasteiger partial charge in [-0.2, -0.15) is 5.10 Å². The Balaban J connectivity index is 1.27. The van der Waals surface area contributed by atoms with E-state index in [1.165, 1.54) is 12.1 Å². The molecule has 1 saturated heterocycles. The fourth-order valence-electron chi connectivity index (χ4n) is 3.58. The van der Waals surface area contributed by atoms with Gasteiger partial charge in [0, 0.05) is 57.9 Å². The van der Waals surface area contributed by atoms with E-state index >= 15 is 0 Å². The molecule has 31 heavy (non-hydrogen) atoms. The molecule has 9 heteroatoms. The number of aryl methyl sites for hydroxylation is 1. The minimum absolute atomic E-state index is 0.220. The van der Waals surface area contributed by atoms with Crippen molar-refractivity contribution in [1.82, 2.24) is 25.4 Å². The van der Waals surface area contributed by atoms with E-state index < -0.39 is 0 Å². The van der Waals surface area contributed by atoms with Crippen LogP contribution in [0.25, 0.3) is 0 Å². The smallest absolute Gasteiger partial charge is 0.315 e. The van der Waals surface area contributed by atoms with Crippen LogP contribution in [0.4, 0.5) is 20.7 Å². The lowest BCUT2D eigenvalue weighted by atomic mass is 10.2. The molecule has 1 fully saturated rings. The van der Waals surface area contributed by atoms with Crippen molar-refractivity contribution in [2.24, 2.45) is 7.05 Å². The van der Waals surface area contributed by atoms with Gasteiger partial charge in [-0.1, -0.05) is 0 Å². The Bertz CT molecular complexity index is 1010. The molecule has 0 aliphatic carbocycles. The predicted molar refractivity (Wildman–Crippen MR) is 117 cm³/mol. The summed E-state index contributed by atoms with van der Waals surface area (Å²) in [5.41, 5.74) is 2.95. The molecule has 8 nitrogen and oxygen atoms in total. The summed E-state index contributed by atoms with van der Waals surface area (Å²) in [7, 11) is 1.84. The maximum absolute atomic E-state index is 13.1. The van der Waals surface area contributed by atoms with Crippen molar-refractivity contribution >= 4 is 17.5 Å². The van der Waals surface area contributed by atoms with Gasteiger partial charge in [0.2, 0.25) is 0 Å². The number of halogens is 1. The molecule has 4 rings (SSSR count). The van der Waals surface area contributed by atoms with Crippen LogP contribution in [0.5, 0.6) is 0 Å². The monoisotopic (exact) mass is 423 g/mol.